The maximum absolute atomic E-state index is 6.63. The summed E-state index contributed by atoms with van der Waals surface area (Å²) in [5.41, 5.74) is 6.12. The minimum atomic E-state index is 0.939. The molecule has 4 aromatic carbocycles. The molecule has 0 saturated heterocycles. The molecule has 0 radical (unpaired) electrons. The summed E-state index contributed by atoms with van der Waals surface area (Å²) < 4.78 is 9.13. The highest BCUT2D eigenvalue weighted by molar-refractivity contribution is 6.10. The monoisotopic (exact) mass is 457 g/mol. The van der Waals surface area contributed by atoms with E-state index in [1.807, 2.05) is 0 Å². The molecular formula is C33H31NO. The quantitative estimate of drug-likeness (QED) is 0.218. The lowest BCUT2D eigenvalue weighted by atomic mass is 10.0. The van der Waals surface area contributed by atoms with Crippen LogP contribution in [0.1, 0.15) is 38.2 Å². The van der Waals surface area contributed by atoms with Gasteiger partial charge in [-0.3, -0.25) is 0 Å². The Balaban J connectivity index is 1.50. The number of nitrogens with zero attached hydrogens (tertiary/aromatic N) is 1. The average molecular weight is 458 g/mol. The zero-order chi connectivity index (χ0) is 23.8. The fraction of sp³-hybridized carbons (Fsp3) is 0.212. The standard InChI is InChI=1S/C33H31NO/c1-3-4-5-10-21-34-30-14-9-8-11-26(30)29-22-25(19-20-31(29)34)33-28-13-7-6-12-27(28)32(35-33)24-17-15-23(2)16-18-24/h6-9,11-20,22H,3-5,10,21H2,1-2H3. The van der Waals surface area contributed by atoms with Crippen molar-refractivity contribution in [2.45, 2.75) is 46.1 Å². The third kappa shape index (κ3) is 3.83. The van der Waals surface area contributed by atoms with E-state index in [1.165, 1.54) is 53.1 Å². The van der Waals surface area contributed by atoms with Crippen LogP contribution in [0.3, 0.4) is 0 Å². The highest BCUT2D eigenvalue weighted by Gasteiger charge is 2.18. The molecule has 2 heteroatoms. The maximum atomic E-state index is 6.63. The first-order chi connectivity index (χ1) is 17.2. The second-order valence-corrected chi connectivity index (χ2v) is 9.63. The number of benzene rings is 4. The van der Waals surface area contributed by atoms with Gasteiger partial charge in [-0.15, -0.1) is 0 Å². The summed E-state index contributed by atoms with van der Waals surface area (Å²) in [5.74, 6) is 1.88. The lowest BCUT2D eigenvalue weighted by Crippen LogP contribution is -1.97. The number of aromatic nitrogens is 1. The van der Waals surface area contributed by atoms with E-state index >= 15 is 0 Å². The lowest BCUT2D eigenvalue weighted by molar-refractivity contribution is 0.601. The van der Waals surface area contributed by atoms with Gasteiger partial charge in [0.25, 0.3) is 0 Å². The molecular weight excluding hydrogens is 426 g/mol. The summed E-state index contributed by atoms with van der Waals surface area (Å²) >= 11 is 0. The average Bonchev–Trinajstić information content (AvgIpc) is 3.43. The molecule has 0 aliphatic rings. The molecule has 0 bridgehead atoms. The number of para-hydroxylation sites is 1. The molecule has 0 N–H and O–H groups in total. The van der Waals surface area contributed by atoms with E-state index in [1.54, 1.807) is 0 Å². The summed E-state index contributed by atoms with van der Waals surface area (Å²) in [6.07, 6.45) is 5.06. The van der Waals surface area contributed by atoms with Gasteiger partial charge in [0.1, 0.15) is 11.5 Å². The van der Waals surface area contributed by atoms with Gasteiger partial charge >= 0.3 is 0 Å². The molecule has 2 nitrogen and oxygen atoms in total. The van der Waals surface area contributed by atoms with Crippen molar-refractivity contribution in [3.05, 3.63) is 96.6 Å². The van der Waals surface area contributed by atoms with Crippen molar-refractivity contribution in [1.82, 2.24) is 4.57 Å². The van der Waals surface area contributed by atoms with Crippen LogP contribution in [0.5, 0.6) is 0 Å². The van der Waals surface area contributed by atoms with E-state index in [-0.39, 0.29) is 0 Å². The number of unbranched alkanes of at least 4 members (excludes halogenated alkanes) is 3. The Morgan fingerprint density at radius 3 is 1.97 bits per heavy atom. The van der Waals surface area contributed by atoms with Gasteiger partial charge < -0.3 is 8.98 Å². The Morgan fingerprint density at radius 2 is 1.23 bits per heavy atom. The van der Waals surface area contributed by atoms with Gasteiger partial charge in [0.2, 0.25) is 0 Å². The molecule has 2 heterocycles. The third-order valence-corrected chi connectivity index (χ3v) is 7.20. The number of aryl methyl sites for hydroxylation is 2. The molecule has 0 aliphatic carbocycles. The first-order valence-corrected chi connectivity index (χ1v) is 12.8. The molecule has 0 spiro atoms. The van der Waals surface area contributed by atoms with Crippen LogP contribution in [0.15, 0.2) is 95.4 Å². The summed E-state index contributed by atoms with van der Waals surface area (Å²) in [5, 5.41) is 4.93. The van der Waals surface area contributed by atoms with Gasteiger partial charge in [-0.1, -0.05) is 98.5 Å². The number of hydrogen-bond donors (Lipinski definition) is 0. The van der Waals surface area contributed by atoms with Crippen molar-refractivity contribution in [3.63, 3.8) is 0 Å². The fourth-order valence-electron chi connectivity index (χ4n) is 5.36. The Morgan fingerprint density at radius 1 is 0.600 bits per heavy atom. The van der Waals surface area contributed by atoms with Gasteiger partial charge in [0, 0.05) is 50.2 Å². The van der Waals surface area contributed by atoms with Crippen LogP contribution < -0.4 is 0 Å². The van der Waals surface area contributed by atoms with Gasteiger partial charge in [-0.05, 0) is 37.6 Å². The van der Waals surface area contributed by atoms with Gasteiger partial charge in [0.15, 0.2) is 0 Å². The van der Waals surface area contributed by atoms with Crippen molar-refractivity contribution < 1.29 is 4.42 Å². The largest absolute Gasteiger partial charge is 0.455 e. The van der Waals surface area contributed by atoms with E-state index in [2.05, 4.69) is 109 Å². The van der Waals surface area contributed by atoms with Crippen LogP contribution in [-0.4, -0.2) is 4.57 Å². The smallest absolute Gasteiger partial charge is 0.142 e. The number of rotatable bonds is 7. The maximum Gasteiger partial charge on any atom is 0.142 e. The van der Waals surface area contributed by atoms with Crippen LogP contribution in [0.2, 0.25) is 0 Å². The normalized spacial score (nSPS) is 11.7. The Hall–Kier alpha value is -3.78. The predicted molar refractivity (Wildman–Crippen MR) is 149 cm³/mol. The van der Waals surface area contributed by atoms with Crippen molar-refractivity contribution in [2.24, 2.45) is 0 Å². The first kappa shape index (κ1) is 21.7. The number of fused-ring (bicyclic) bond motifs is 4. The van der Waals surface area contributed by atoms with Gasteiger partial charge in [-0.2, -0.15) is 0 Å². The molecule has 6 rings (SSSR count). The number of furan rings is 1. The molecule has 35 heavy (non-hydrogen) atoms. The molecule has 2 aromatic heterocycles. The molecule has 0 amide bonds. The molecule has 0 fully saturated rings. The molecule has 6 aromatic rings. The van der Waals surface area contributed by atoms with Crippen LogP contribution in [-0.2, 0) is 6.54 Å². The lowest BCUT2D eigenvalue weighted by Gasteiger charge is -2.07. The summed E-state index contributed by atoms with van der Waals surface area (Å²) in [6, 6.07) is 32.8. The fourth-order valence-corrected chi connectivity index (χ4v) is 5.36. The van der Waals surface area contributed by atoms with Crippen LogP contribution >= 0.6 is 0 Å². The Bertz CT molecular complexity index is 1630. The van der Waals surface area contributed by atoms with Crippen molar-refractivity contribution in [1.29, 1.82) is 0 Å². The minimum Gasteiger partial charge on any atom is -0.455 e. The Kier molecular flexibility index (Phi) is 5.66. The van der Waals surface area contributed by atoms with Crippen LogP contribution in [0.4, 0.5) is 0 Å². The predicted octanol–water partition coefficient (Wildman–Crippen LogP) is 9.76. The van der Waals surface area contributed by atoms with E-state index < -0.39 is 0 Å². The van der Waals surface area contributed by atoms with Crippen molar-refractivity contribution >= 4 is 32.6 Å². The molecule has 0 aliphatic heterocycles. The van der Waals surface area contributed by atoms with E-state index in [0.717, 1.165) is 40.0 Å². The van der Waals surface area contributed by atoms with E-state index in [0.29, 0.717) is 0 Å². The van der Waals surface area contributed by atoms with Gasteiger partial charge in [0.05, 0.1) is 0 Å². The summed E-state index contributed by atoms with van der Waals surface area (Å²) in [4.78, 5) is 0. The van der Waals surface area contributed by atoms with Crippen LogP contribution in [0.25, 0.3) is 55.2 Å². The summed E-state index contributed by atoms with van der Waals surface area (Å²) in [7, 11) is 0. The number of hydrogen-bond acceptors (Lipinski definition) is 1. The summed E-state index contributed by atoms with van der Waals surface area (Å²) in [6.45, 7) is 5.44. The zero-order valence-electron chi connectivity index (χ0n) is 20.6. The van der Waals surface area contributed by atoms with Gasteiger partial charge in [-0.25, -0.2) is 0 Å². The van der Waals surface area contributed by atoms with Crippen molar-refractivity contribution in [2.75, 3.05) is 0 Å². The van der Waals surface area contributed by atoms with Crippen molar-refractivity contribution in [3.8, 4) is 22.6 Å². The van der Waals surface area contributed by atoms with E-state index in [9.17, 15) is 0 Å². The second kappa shape index (κ2) is 9.11. The molecule has 0 unspecified atom stereocenters. The first-order valence-electron chi connectivity index (χ1n) is 12.8. The zero-order valence-corrected chi connectivity index (χ0v) is 20.6. The topological polar surface area (TPSA) is 18.1 Å². The highest BCUT2D eigenvalue weighted by Crippen LogP contribution is 2.41. The molecule has 0 saturated carbocycles. The molecule has 174 valence electrons. The van der Waals surface area contributed by atoms with E-state index in [4.69, 9.17) is 4.42 Å². The van der Waals surface area contributed by atoms with Crippen LogP contribution in [0, 0.1) is 6.92 Å². The second-order valence-electron chi connectivity index (χ2n) is 9.63. The molecule has 0 atom stereocenters. The Labute approximate surface area is 206 Å². The SMILES string of the molecule is CCCCCCn1c2ccccc2c2cc(-c3oc(-c4ccc(C)cc4)c4ccccc34)ccc21. The minimum absolute atomic E-state index is 0.939. The highest BCUT2D eigenvalue weighted by atomic mass is 16.3. The third-order valence-electron chi connectivity index (χ3n) is 7.20.